The first-order valence-corrected chi connectivity index (χ1v) is 9.17. The zero-order chi connectivity index (χ0) is 17.1. The van der Waals surface area contributed by atoms with E-state index in [9.17, 15) is 4.79 Å². The molecule has 2 heterocycles. The number of thiazole rings is 1. The summed E-state index contributed by atoms with van der Waals surface area (Å²) in [5, 5.41) is 2.83. The highest BCUT2D eigenvalue weighted by atomic mass is 32.1. The maximum atomic E-state index is 12.6. The summed E-state index contributed by atoms with van der Waals surface area (Å²) < 4.78 is 5.71. The number of rotatable bonds is 5. The molecule has 2 aromatic carbocycles. The lowest BCUT2D eigenvalue weighted by Crippen LogP contribution is -2.30. The molecule has 0 atom stereocenters. The highest BCUT2D eigenvalue weighted by Crippen LogP contribution is 2.28. The van der Waals surface area contributed by atoms with Gasteiger partial charge >= 0.3 is 0 Å². The minimum absolute atomic E-state index is 0.103. The number of nitrogens with zero attached hydrogens (tertiary/aromatic N) is 2. The van der Waals surface area contributed by atoms with Gasteiger partial charge in [0.15, 0.2) is 0 Å². The van der Waals surface area contributed by atoms with Crippen molar-refractivity contribution in [1.82, 2.24) is 4.98 Å². The summed E-state index contributed by atoms with van der Waals surface area (Å²) in [6, 6.07) is 17.8. The first-order valence-electron chi connectivity index (χ1n) is 8.29. The topological polar surface area (TPSA) is 42.4 Å². The summed E-state index contributed by atoms with van der Waals surface area (Å²) in [5.74, 6) is 0.926. The standard InChI is InChI=1S/C20H18N2O2S/c23-20(22-11-10-15-6-4-5-9-18(15)22)12-16-14-25-19(21-16)13-24-17-7-2-1-3-8-17/h1-9,14H,10-13H2. The molecule has 0 bridgehead atoms. The Morgan fingerprint density at radius 1 is 1.12 bits per heavy atom. The largest absolute Gasteiger partial charge is 0.486 e. The number of carbonyl (C=O) groups is 1. The number of fused-ring (bicyclic) bond motifs is 1. The number of hydrogen-bond donors (Lipinski definition) is 0. The van der Waals surface area contributed by atoms with E-state index in [4.69, 9.17) is 4.74 Å². The average Bonchev–Trinajstić information content (AvgIpc) is 3.27. The van der Waals surface area contributed by atoms with Crippen LogP contribution in [0.5, 0.6) is 5.75 Å². The summed E-state index contributed by atoms with van der Waals surface area (Å²) in [4.78, 5) is 19.0. The van der Waals surface area contributed by atoms with Crippen LogP contribution < -0.4 is 9.64 Å². The number of aromatic nitrogens is 1. The van der Waals surface area contributed by atoms with Crippen molar-refractivity contribution in [1.29, 1.82) is 0 Å². The molecule has 0 saturated heterocycles. The van der Waals surface area contributed by atoms with Gasteiger partial charge in [-0.2, -0.15) is 0 Å². The van der Waals surface area contributed by atoms with Gasteiger partial charge in [0, 0.05) is 17.6 Å². The zero-order valence-electron chi connectivity index (χ0n) is 13.7. The Morgan fingerprint density at radius 3 is 2.80 bits per heavy atom. The number of hydrogen-bond acceptors (Lipinski definition) is 4. The fraction of sp³-hybridized carbons (Fsp3) is 0.200. The summed E-state index contributed by atoms with van der Waals surface area (Å²) in [6.45, 7) is 1.18. The molecular formula is C20H18N2O2S. The van der Waals surface area contributed by atoms with Gasteiger partial charge in [-0.25, -0.2) is 4.98 Å². The molecule has 0 spiro atoms. The smallest absolute Gasteiger partial charge is 0.233 e. The molecule has 1 amide bonds. The molecule has 25 heavy (non-hydrogen) atoms. The lowest BCUT2D eigenvalue weighted by atomic mass is 10.2. The summed E-state index contributed by atoms with van der Waals surface area (Å²) >= 11 is 1.53. The average molecular weight is 350 g/mol. The molecule has 0 aliphatic carbocycles. The molecule has 4 nitrogen and oxygen atoms in total. The van der Waals surface area contributed by atoms with Crippen LogP contribution in [0.25, 0.3) is 0 Å². The lowest BCUT2D eigenvalue weighted by Gasteiger charge is -2.16. The number of amides is 1. The maximum absolute atomic E-state index is 12.6. The fourth-order valence-corrected chi connectivity index (χ4v) is 3.71. The van der Waals surface area contributed by atoms with Gasteiger partial charge < -0.3 is 9.64 Å². The van der Waals surface area contributed by atoms with Crippen molar-refractivity contribution < 1.29 is 9.53 Å². The van der Waals surface area contributed by atoms with Crippen molar-refractivity contribution in [2.24, 2.45) is 0 Å². The highest BCUT2D eigenvalue weighted by Gasteiger charge is 2.24. The number of ether oxygens (including phenoxy) is 1. The SMILES string of the molecule is O=C(Cc1csc(COc2ccccc2)n1)N1CCc2ccccc21. The van der Waals surface area contributed by atoms with E-state index >= 15 is 0 Å². The molecule has 0 unspecified atom stereocenters. The lowest BCUT2D eigenvalue weighted by molar-refractivity contribution is -0.117. The predicted octanol–water partition coefficient (Wildman–Crippen LogP) is 3.85. The Morgan fingerprint density at radius 2 is 1.92 bits per heavy atom. The number of carbonyl (C=O) groups excluding carboxylic acids is 1. The van der Waals surface area contributed by atoms with Gasteiger partial charge in [-0.15, -0.1) is 11.3 Å². The third kappa shape index (κ3) is 3.56. The first-order chi connectivity index (χ1) is 12.3. The molecule has 0 saturated carbocycles. The Balaban J connectivity index is 1.37. The molecule has 4 rings (SSSR count). The summed E-state index contributed by atoms with van der Waals surface area (Å²) in [7, 11) is 0. The van der Waals surface area contributed by atoms with Gasteiger partial charge in [-0.05, 0) is 30.2 Å². The number of para-hydroxylation sites is 2. The second-order valence-electron chi connectivity index (χ2n) is 5.94. The minimum Gasteiger partial charge on any atom is -0.486 e. The second kappa shape index (κ2) is 7.07. The van der Waals surface area contributed by atoms with Crippen molar-refractivity contribution in [3.8, 4) is 5.75 Å². The molecule has 5 heteroatoms. The van der Waals surface area contributed by atoms with E-state index < -0.39 is 0 Å². The van der Waals surface area contributed by atoms with Crippen LogP contribution in [0, 0.1) is 0 Å². The normalized spacial score (nSPS) is 12.9. The van der Waals surface area contributed by atoms with Gasteiger partial charge in [0.05, 0.1) is 12.1 Å². The van der Waals surface area contributed by atoms with Gasteiger partial charge in [0.2, 0.25) is 5.91 Å². The van der Waals surface area contributed by atoms with E-state index in [0.717, 1.165) is 35.1 Å². The summed E-state index contributed by atoms with van der Waals surface area (Å²) in [6.07, 6.45) is 1.26. The third-order valence-corrected chi connectivity index (χ3v) is 5.10. The van der Waals surface area contributed by atoms with Gasteiger partial charge in [-0.1, -0.05) is 36.4 Å². The molecule has 0 N–H and O–H groups in total. The van der Waals surface area contributed by atoms with Crippen LogP contribution in [0.15, 0.2) is 60.0 Å². The first kappa shape index (κ1) is 15.8. The molecular weight excluding hydrogens is 332 g/mol. The van der Waals surface area contributed by atoms with Crippen molar-refractivity contribution in [3.63, 3.8) is 0 Å². The van der Waals surface area contributed by atoms with Crippen molar-refractivity contribution in [2.75, 3.05) is 11.4 Å². The third-order valence-electron chi connectivity index (χ3n) is 4.23. The van der Waals surface area contributed by atoms with Gasteiger partial charge in [0.25, 0.3) is 0 Å². The Kier molecular flexibility index (Phi) is 4.48. The quantitative estimate of drug-likeness (QED) is 0.702. The molecule has 1 aliphatic heterocycles. The van der Waals surface area contributed by atoms with Crippen LogP contribution in [-0.4, -0.2) is 17.4 Å². The molecule has 126 valence electrons. The maximum Gasteiger partial charge on any atom is 0.233 e. The van der Waals surface area contributed by atoms with Crippen LogP contribution in [-0.2, 0) is 24.2 Å². The van der Waals surface area contributed by atoms with E-state index in [1.165, 1.54) is 16.9 Å². The van der Waals surface area contributed by atoms with Gasteiger partial charge in [0.1, 0.15) is 17.4 Å². The van der Waals surface area contributed by atoms with Crippen LogP contribution in [0.3, 0.4) is 0 Å². The Hall–Kier alpha value is -2.66. The minimum atomic E-state index is 0.103. The van der Waals surface area contributed by atoms with E-state index in [-0.39, 0.29) is 5.91 Å². The fourth-order valence-electron chi connectivity index (χ4n) is 3.01. The van der Waals surface area contributed by atoms with Gasteiger partial charge in [-0.3, -0.25) is 4.79 Å². The van der Waals surface area contributed by atoms with Crippen molar-refractivity contribution >= 4 is 22.9 Å². The van der Waals surface area contributed by atoms with E-state index in [1.54, 1.807) is 0 Å². The van der Waals surface area contributed by atoms with Crippen LogP contribution >= 0.6 is 11.3 Å². The number of anilines is 1. The Labute approximate surface area is 150 Å². The molecule has 0 fully saturated rings. The van der Waals surface area contributed by atoms with Crippen LogP contribution in [0.1, 0.15) is 16.3 Å². The molecule has 3 aromatic rings. The zero-order valence-corrected chi connectivity index (χ0v) is 14.5. The van der Waals surface area contributed by atoms with Crippen molar-refractivity contribution in [2.45, 2.75) is 19.4 Å². The molecule has 1 aromatic heterocycles. The highest BCUT2D eigenvalue weighted by molar-refractivity contribution is 7.09. The summed E-state index contributed by atoms with van der Waals surface area (Å²) in [5.41, 5.74) is 3.09. The Bertz CT molecular complexity index is 876. The van der Waals surface area contributed by atoms with Crippen LogP contribution in [0.4, 0.5) is 5.69 Å². The van der Waals surface area contributed by atoms with E-state index in [0.29, 0.717) is 13.0 Å². The number of benzene rings is 2. The van der Waals surface area contributed by atoms with E-state index in [2.05, 4.69) is 11.1 Å². The monoisotopic (exact) mass is 350 g/mol. The van der Waals surface area contributed by atoms with Crippen LogP contribution in [0.2, 0.25) is 0 Å². The predicted molar refractivity (Wildman–Crippen MR) is 99.1 cm³/mol. The van der Waals surface area contributed by atoms with Crippen molar-refractivity contribution in [3.05, 3.63) is 76.2 Å². The molecule has 0 radical (unpaired) electrons. The second-order valence-corrected chi connectivity index (χ2v) is 6.88. The molecule has 1 aliphatic rings. The van der Waals surface area contributed by atoms with E-state index in [1.807, 2.05) is 58.8 Å².